The van der Waals surface area contributed by atoms with Crippen LogP contribution < -0.4 is 46.4 Å². The van der Waals surface area contributed by atoms with Gasteiger partial charge in [0.05, 0.1) is 11.2 Å². The summed E-state index contributed by atoms with van der Waals surface area (Å²) < 4.78 is 4.80. The highest BCUT2D eigenvalue weighted by Crippen LogP contribution is 2.46. The number of hydrogen-bond acceptors (Lipinski definition) is 4. The molecule has 0 atom stereocenters. The van der Waals surface area contributed by atoms with Crippen LogP contribution in [0.1, 0.15) is 0 Å². The Hall–Kier alpha value is -8.21. The normalized spacial score (nSPS) is 13.3. The second kappa shape index (κ2) is 15.7. The van der Waals surface area contributed by atoms with Crippen molar-refractivity contribution in [2.24, 2.45) is 0 Å². The van der Waals surface area contributed by atoms with Gasteiger partial charge in [0.2, 0.25) is 0 Å². The number of rotatable bonds is 7. The average Bonchev–Trinajstić information content (AvgIpc) is 4.08. The van der Waals surface area contributed by atoms with E-state index in [1.165, 1.54) is 78.1 Å². The third-order valence-corrected chi connectivity index (χ3v) is 25.4. The minimum Gasteiger partial charge on any atom is -0.299 e. The zero-order valence-electron chi connectivity index (χ0n) is 37.4. The smallest absolute Gasteiger partial charge is 0.186 e. The molecule has 7 heteroatoms. The Balaban J connectivity index is 1.10. The van der Waals surface area contributed by atoms with Gasteiger partial charge in [0.15, 0.2) is 16.1 Å². The Morgan fingerprint density at radius 2 is 1.06 bits per heavy atom. The molecule has 13 aromatic rings. The van der Waals surface area contributed by atoms with Crippen LogP contribution in [0.4, 0.5) is 17.2 Å². The maximum absolute atomic E-state index is 5.51. The topological polar surface area (TPSA) is 33.4 Å². The third kappa shape index (κ3) is 5.72. The van der Waals surface area contributed by atoms with Crippen LogP contribution in [0.15, 0.2) is 255 Å². The molecule has 14 rings (SSSR count). The number of nitrogens with zero attached hydrogens (tertiary/aromatic N) is 4. The Morgan fingerprint density at radius 1 is 0.420 bits per heavy atom. The molecule has 0 radical (unpaired) electrons. The maximum Gasteiger partial charge on any atom is 0.186 e. The zero-order chi connectivity index (χ0) is 45.5. The first-order chi connectivity index (χ1) is 34.2. The largest absolute Gasteiger partial charge is 0.299 e. The summed E-state index contributed by atoms with van der Waals surface area (Å²) in [6, 6.07) is 88.9. The monoisotopic (exact) mass is 930 g/mol. The van der Waals surface area contributed by atoms with E-state index in [0.717, 1.165) is 28.1 Å². The van der Waals surface area contributed by atoms with Gasteiger partial charge < -0.3 is 0 Å². The van der Waals surface area contributed by atoms with Gasteiger partial charge in [-0.3, -0.25) is 9.30 Å². The molecule has 0 unspecified atom stereocenters. The predicted octanol–water partition coefficient (Wildman–Crippen LogP) is 9.94. The van der Waals surface area contributed by atoms with E-state index in [1.54, 1.807) is 0 Å². The lowest BCUT2D eigenvalue weighted by Gasteiger charge is -2.44. The molecule has 4 aromatic heterocycles. The van der Waals surface area contributed by atoms with Crippen LogP contribution in [-0.4, -0.2) is 30.5 Å². The summed E-state index contributed by atoms with van der Waals surface area (Å²) >= 11 is 1.88. The van der Waals surface area contributed by atoms with Crippen molar-refractivity contribution in [2.75, 3.05) is 4.90 Å². The van der Waals surface area contributed by atoms with Crippen molar-refractivity contribution >= 4 is 134 Å². The van der Waals surface area contributed by atoms with Crippen molar-refractivity contribution < 1.29 is 0 Å². The zero-order valence-corrected chi connectivity index (χ0v) is 40.3. The van der Waals surface area contributed by atoms with Crippen molar-refractivity contribution in [3.8, 4) is 0 Å². The second-order valence-electron chi connectivity index (χ2n) is 18.1. The Kier molecular flexibility index (Phi) is 9.07. The van der Waals surface area contributed by atoms with Crippen molar-refractivity contribution in [2.45, 2.75) is 0 Å². The van der Waals surface area contributed by atoms with Crippen LogP contribution in [0.3, 0.4) is 0 Å². The quantitative estimate of drug-likeness (QED) is 0.0908. The minimum atomic E-state index is -3.12. The minimum absolute atomic E-state index is 0.965. The van der Waals surface area contributed by atoms with Gasteiger partial charge in [-0.25, -0.2) is 9.97 Å². The van der Waals surface area contributed by atoms with Crippen LogP contribution in [0.5, 0.6) is 0 Å². The van der Waals surface area contributed by atoms with Crippen molar-refractivity contribution in [1.82, 2.24) is 14.4 Å². The number of thiophene rings is 1. The molecule has 0 spiro atoms. The van der Waals surface area contributed by atoms with Gasteiger partial charge in [-0.2, -0.15) is 0 Å². The average molecular weight is 931 g/mol. The summed E-state index contributed by atoms with van der Waals surface area (Å²) in [4.78, 5) is 13.1. The molecular formula is C62H42N4SSi2. The van der Waals surface area contributed by atoms with E-state index in [4.69, 9.17) is 9.97 Å². The number of aromatic nitrogens is 3. The molecule has 0 aliphatic carbocycles. The molecule has 1 aliphatic rings. The molecule has 5 heterocycles. The Labute approximate surface area is 405 Å². The van der Waals surface area contributed by atoms with Crippen LogP contribution in [-0.2, 0) is 0 Å². The summed E-state index contributed by atoms with van der Waals surface area (Å²) in [5.41, 5.74) is 4.43. The van der Waals surface area contributed by atoms with Gasteiger partial charge in [0.25, 0.3) is 0 Å². The van der Waals surface area contributed by atoms with Crippen LogP contribution in [0, 0.1) is 0 Å². The molecule has 9 aromatic carbocycles. The fraction of sp³-hybridized carbons (Fsp3) is 0. The Morgan fingerprint density at radius 3 is 1.80 bits per heavy atom. The van der Waals surface area contributed by atoms with Gasteiger partial charge in [-0.1, -0.05) is 200 Å². The SMILES string of the molecule is c1ccc([Si](c2ccccc2)(c2cccc(N3c4ncccc4[Si](c4ccccc4)(c4ccccc4)c4ccc5sc6ccccc6c5c43)c2)c2ccc3c4ccccc4n4ccnc4c3c2)cc1. The fourth-order valence-electron chi connectivity index (χ4n) is 11.9. The van der Waals surface area contributed by atoms with Gasteiger partial charge in [0, 0.05) is 55.2 Å². The summed E-state index contributed by atoms with van der Waals surface area (Å²) in [6.07, 6.45) is 6.01. The lowest BCUT2D eigenvalue weighted by molar-refractivity contribution is 1.20. The van der Waals surface area contributed by atoms with E-state index >= 15 is 0 Å². The van der Waals surface area contributed by atoms with E-state index in [0.29, 0.717) is 0 Å². The standard InChI is InChI=1S/C62H42N4SSi2/c1-5-20-44(21-6-1)68(45-22-7-2-8-23-45,49-34-35-50-51-29-13-15-31-54(51)65-40-39-64-61(65)53(50)42-49)48-28-17-19-43(41-48)66-60-57(37-36-56-59(60)52-30-14-16-32-55(52)67-56)69(46-24-9-3-10-25-46,47-26-11-4-12-27-47)58-33-18-38-63-62(58)66/h1-42H. The number of anilines is 3. The molecule has 0 amide bonds. The van der Waals surface area contributed by atoms with E-state index < -0.39 is 16.1 Å². The highest BCUT2D eigenvalue weighted by atomic mass is 32.1. The number of benzene rings is 9. The van der Waals surface area contributed by atoms with Gasteiger partial charge in [-0.15, -0.1) is 11.3 Å². The first-order valence-electron chi connectivity index (χ1n) is 23.6. The van der Waals surface area contributed by atoms with E-state index in [-0.39, 0.29) is 0 Å². The first kappa shape index (κ1) is 39.9. The Bertz CT molecular complexity index is 4020. The van der Waals surface area contributed by atoms with Crippen LogP contribution in [0.25, 0.3) is 47.5 Å². The lowest BCUT2D eigenvalue weighted by atomic mass is 10.1. The molecule has 0 saturated heterocycles. The maximum atomic E-state index is 5.51. The number of pyridine rings is 2. The number of fused-ring (bicyclic) bond motifs is 12. The number of para-hydroxylation sites is 1. The van der Waals surface area contributed by atoms with E-state index in [2.05, 4.69) is 252 Å². The highest BCUT2D eigenvalue weighted by Gasteiger charge is 2.51. The molecule has 4 nitrogen and oxygen atoms in total. The van der Waals surface area contributed by atoms with E-state index in [9.17, 15) is 0 Å². The molecule has 0 bridgehead atoms. The number of imidazole rings is 1. The first-order valence-corrected chi connectivity index (χ1v) is 28.4. The molecule has 0 fully saturated rings. The van der Waals surface area contributed by atoms with Crippen molar-refractivity contribution in [1.29, 1.82) is 0 Å². The summed E-state index contributed by atoms with van der Waals surface area (Å²) in [5, 5.41) is 16.7. The summed E-state index contributed by atoms with van der Waals surface area (Å²) in [5.74, 6) is 0.982. The molecule has 0 N–H and O–H groups in total. The predicted molar refractivity (Wildman–Crippen MR) is 296 cm³/mol. The van der Waals surface area contributed by atoms with Gasteiger partial charge >= 0.3 is 0 Å². The second-order valence-corrected chi connectivity index (χ2v) is 26.7. The van der Waals surface area contributed by atoms with Crippen molar-refractivity contribution in [3.05, 3.63) is 255 Å². The van der Waals surface area contributed by atoms with Crippen LogP contribution in [0.2, 0.25) is 0 Å². The summed E-state index contributed by atoms with van der Waals surface area (Å²) in [7, 11) is -6.12. The van der Waals surface area contributed by atoms with Crippen LogP contribution >= 0.6 is 11.3 Å². The third-order valence-electron chi connectivity index (χ3n) is 14.7. The number of hydrogen-bond donors (Lipinski definition) is 0. The molecule has 0 saturated carbocycles. The van der Waals surface area contributed by atoms with E-state index in [1.807, 2.05) is 23.7 Å². The summed E-state index contributed by atoms with van der Waals surface area (Å²) in [6.45, 7) is 0. The molecule has 69 heavy (non-hydrogen) atoms. The molecule has 324 valence electrons. The van der Waals surface area contributed by atoms with Gasteiger partial charge in [0.1, 0.15) is 11.5 Å². The van der Waals surface area contributed by atoms with Gasteiger partial charge in [-0.05, 0) is 83.3 Å². The lowest BCUT2D eigenvalue weighted by Crippen LogP contribution is -2.77. The van der Waals surface area contributed by atoms with Crippen molar-refractivity contribution in [3.63, 3.8) is 0 Å². The molecule has 1 aliphatic heterocycles. The fourth-order valence-corrected chi connectivity index (χ4v) is 22.9. The highest BCUT2D eigenvalue weighted by molar-refractivity contribution is 7.26. The molecular weight excluding hydrogens is 889 g/mol.